The minimum Gasteiger partial charge on any atom is -0.480 e. The second-order valence-electron chi connectivity index (χ2n) is 3.93. The Morgan fingerprint density at radius 3 is 2.73 bits per heavy atom. The predicted molar refractivity (Wildman–Crippen MR) is 56.4 cm³/mol. The first-order valence-electron chi connectivity index (χ1n) is 5.23. The van der Waals surface area contributed by atoms with Crippen molar-refractivity contribution < 1.29 is 14.7 Å². The highest BCUT2D eigenvalue weighted by Gasteiger charge is 2.14. The maximum atomic E-state index is 11.6. The summed E-state index contributed by atoms with van der Waals surface area (Å²) in [5.74, 6) is -1.07. The number of hydrogen-bond acceptors (Lipinski definition) is 2. The molecule has 0 unspecified atom stereocenters. The number of nitrogens with zero attached hydrogens (tertiary/aromatic N) is 1. The van der Waals surface area contributed by atoms with E-state index in [2.05, 4.69) is 6.08 Å². The molecule has 0 aromatic heterocycles. The van der Waals surface area contributed by atoms with Gasteiger partial charge in [-0.3, -0.25) is 9.59 Å². The molecule has 0 saturated heterocycles. The van der Waals surface area contributed by atoms with Gasteiger partial charge in [-0.15, -0.1) is 0 Å². The van der Waals surface area contributed by atoms with E-state index in [9.17, 15) is 9.59 Å². The van der Waals surface area contributed by atoms with Gasteiger partial charge in [0.2, 0.25) is 5.91 Å². The Morgan fingerprint density at radius 1 is 1.47 bits per heavy atom. The quantitative estimate of drug-likeness (QED) is 0.715. The zero-order chi connectivity index (χ0) is 11.3. The molecule has 0 aliphatic heterocycles. The van der Waals surface area contributed by atoms with E-state index in [4.69, 9.17) is 5.11 Å². The summed E-state index contributed by atoms with van der Waals surface area (Å²) in [6.45, 7) is -0.216. The van der Waals surface area contributed by atoms with E-state index in [1.807, 2.05) is 0 Å². The molecule has 0 spiro atoms. The fraction of sp³-hybridized carbons (Fsp3) is 0.636. The van der Waals surface area contributed by atoms with Crippen molar-refractivity contribution in [3.63, 3.8) is 0 Å². The van der Waals surface area contributed by atoms with Crippen molar-refractivity contribution in [2.24, 2.45) is 0 Å². The summed E-state index contributed by atoms with van der Waals surface area (Å²) in [7, 11) is 1.53. The first kappa shape index (κ1) is 11.8. The molecule has 4 nitrogen and oxygen atoms in total. The van der Waals surface area contributed by atoms with Gasteiger partial charge in [0.25, 0.3) is 0 Å². The van der Waals surface area contributed by atoms with Crippen molar-refractivity contribution in [1.29, 1.82) is 0 Å². The molecular formula is C11H17NO3. The van der Waals surface area contributed by atoms with Crippen LogP contribution >= 0.6 is 0 Å². The van der Waals surface area contributed by atoms with Crippen LogP contribution in [0.15, 0.2) is 11.6 Å². The van der Waals surface area contributed by atoms with Crippen LogP contribution in [-0.2, 0) is 9.59 Å². The van der Waals surface area contributed by atoms with Crippen LogP contribution in [0.4, 0.5) is 0 Å². The number of amides is 1. The monoisotopic (exact) mass is 211 g/mol. The van der Waals surface area contributed by atoms with Gasteiger partial charge in [0, 0.05) is 13.5 Å². The predicted octanol–water partition coefficient (Wildman–Crippen LogP) is 1.42. The highest BCUT2D eigenvalue weighted by molar-refractivity contribution is 5.82. The Kier molecular flexibility index (Phi) is 4.34. The van der Waals surface area contributed by atoms with Crippen LogP contribution < -0.4 is 0 Å². The topological polar surface area (TPSA) is 57.6 Å². The highest BCUT2D eigenvalue weighted by Crippen LogP contribution is 2.20. The Bertz CT molecular complexity index is 284. The fourth-order valence-corrected chi connectivity index (χ4v) is 1.69. The number of carboxylic acid groups (broad SMARTS) is 1. The SMILES string of the molecule is CN(CC(=O)O)C(=O)CC1=CCCCC1. The lowest BCUT2D eigenvalue weighted by Crippen LogP contribution is -2.32. The number of carboxylic acids is 1. The van der Waals surface area contributed by atoms with Crippen LogP contribution in [0.2, 0.25) is 0 Å². The number of hydrogen-bond donors (Lipinski definition) is 1. The molecule has 84 valence electrons. The van der Waals surface area contributed by atoms with Gasteiger partial charge in [0.05, 0.1) is 0 Å². The molecular weight excluding hydrogens is 194 g/mol. The van der Waals surface area contributed by atoms with Gasteiger partial charge >= 0.3 is 5.97 Å². The molecule has 0 saturated carbocycles. The zero-order valence-electron chi connectivity index (χ0n) is 9.03. The van der Waals surface area contributed by atoms with Crippen LogP contribution in [0.5, 0.6) is 0 Å². The minimum atomic E-state index is -0.969. The second kappa shape index (κ2) is 5.53. The van der Waals surface area contributed by atoms with Gasteiger partial charge in [0.15, 0.2) is 0 Å². The summed E-state index contributed by atoms with van der Waals surface area (Å²) < 4.78 is 0. The maximum Gasteiger partial charge on any atom is 0.323 e. The van der Waals surface area contributed by atoms with Crippen LogP contribution in [-0.4, -0.2) is 35.5 Å². The molecule has 1 rings (SSSR count). The Morgan fingerprint density at radius 2 is 2.20 bits per heavy atom. The molecule has 0 aromatic rings. The third-order valence-electron chi connectivity index (χ3n) is 2.56. The molecule has 1 N–H and O–H groups in total. The molecule has 1 aliphatic rings. The van der Waals surface area contributed by atoms with Crippen molar-refractivity contribution in [2.75, 3.05) is 13.6 Å². The second-order valence-corrected chi connectivity index (χ2v) is 3.93. The van der Waals surface area contributed by atoms with Crippen molar-refractivity contribution in [2.45, 2.75) is 32.1 Å². The van der Waals surface area contributed by atoms with E-state index in [0.29, 0.717) is 6.42 Å². The van der Waals surface area contributed by atoms with E-state index in [0.717, 1.165) is 24.8 Å². The van der Waals surface area contributed by atoms with Crippen molar-refractivity contribution >= 4 is 11.9 Å². The van der Waals surface area contributed by atoms with Gasteiger partial charge in [-0.25, -0.2) is 0 Å². The Hall–Kier alpha value is -1.32. The van der Waals surface area contributed by atoms with Crippen molar-refractivity contribution in [3.05, 3.63) is 11.6 Å². The summed E-state index contributed by atoms with van der Waals surface area (Å²) in [4.78, 5) is 23.2. The third-order valence-corrected chi connectivity index (χ3v) is 2.56. The maximum absolute atomic E-state index is 11.6. The van der Waals surface area contributed by atoms with E-state index in [-0.39, 0.29) is 12.5 Å². The fourth-order valence-electron chi connectivity index (χ4n) is 1.69. The van der Waals surface area contributed by atoms with Crippen molar-refractivity contribution in [3.8, 4) is 0 Å². The smallest absolute Gasteiger partial charge is 0.323 e. The van der Waals surface area contributed by atoms with Gasteiger partial charge in [0.1, 0.15) is 6.54 Å². The lowest BCUT2D eigenvalue weighted by molar-refractivity contribution is -0.143. The van der Waals surface area contributed by atoms with Crippen LogP contribution in [0.1, 0.15) is 32.1 Å². The van der Waals surface area contributed by atoms with Gasteiger partial charge < -0.3 is 10.0 Å². The Labute approximate surface area is 89.6 Å². The number of carbonyl (C=O) groups excluding carboxylic acids is 1. The Balaban J connectivity index is 2.40. The largest absolute Gasteiger partial charge is 0.480 e. The molecule has 1 aliphatic carbocycles. The summed E-state index contributed by atoms with van der Waals surface area (Å²) in [6, 6.07) is 0. The molecule has 0 heterocycles. The van der Waals surface area contributed by atoms with Crippen LogP contribution in [0, 0.1) is 0 Å². The number of aliphatic carboxylic acids is 1. The number of carbonyl (C=O) groups is 2. The molecule has 0 radical (unpaired) electrons. The normalized spacial score (nSPS) is 15.7. The summed E-state index contributed by atoms with van der Waals surface area (Å²) in [6.07, 6.45) is 6.85. The third kappa shape index (κ3) is 4.14. The van der Waals surface area contributed by atoms with Crippen molar-refractivity contribution in [1.82, 2.24) is 4.90 Å². The molecule has 15 heavy (non-hydrogen) atoms. The standard InChI is InChI=1S/C11H17NO3/c1-12(8-11(14)15)10(13)7-9-5-3-2-4-6-9/h5H,2-4,6-8H2,1H3,(H,14,15). The number of allylic oxidation sites excluding steroid dienone is 1. The van der Waals surface area contributed by atoms with Crippen LogP contribution in [0.3, 0.4) is 0 Å². The van der Waals surface area contributed by atoms with E-state index >= 15 is 0 Å². The van der Waals surface area contributed by atoms with Gasteiger partial charge in [-0.2, -0.15) is 0 Å². The highest BCUT2D eigenvalue weighted by atomic mass is 16.4. The first-order valence-corrected chi connectivity index (χ1v) is 5.23. The first-order chi connectivity index (χ1) is 7.09. The minimum absolute atomic E-state index is 0.106. The molecule has 4 heteroatoms. The zero-order valence-corrected chi connectivity index (χ0v) is 9.03. The molecule has 1 amide bonds. The summed E-state index contributed by atoms with van der Waals surface area (Å²) in [5.41, 5.74) is 1.16. The molecule has 0 aromatic carbocycles. The summed E-state index contributed by atoms with van der Waals surface area (Å²) >= 11 is 0. The average Bonchev–Trinajstić information content (AvgIpc) is 2.18. The van der Waals surface area contributed by atoms with E-state index in [1.165, 1.54) is 18.4 Å². The summed E-state index contributed by atoms with van der Waals surface area (Å²) in [5, 5.41) is 8.53. The van der Waals surface area contributed by atoms with E-state index in [1.54, 1.807) is 0 Å². The molecule has 0 bridgehead atoms. The molecule has 0 atom stereocenters. The molecule has 0 fully saturated rings. The van der Waals surface area contributed by atoms with Gasteiger partial charge in [-0.05, 0) is 25.7 Å². The van der Waals surface area contributed by atoms with Gasteiger partial charge in [-0.1, -0.05) is 11.6 Å². The van der Waals surface area contributed by atoms with Crippen LogP contribution in [0.25, 0.3) is 0 Å². The lowest BCUT2D eigenvalue weighted by atomic mass is 9.97. The average molecular weight is 211 g/mol. The lowest BCUT2D eigenvalue weighted by Gasteiger charge is -2.17. The number of rotatable bonds is 4. The van der Waals surface area contributed by atoms with E-state index < -0.39 is 5.97 Å². The number of likely N-dealkylation sites (N-methyl/N-ethyl adjacent to an activating group) is 1.